The van der Waals surface area contributed by atoms with Crippen LogP contribution in [-0.2, 0) is 4.79 Å². The van der Waals surface area contributed by atoms with Crippen LogP contribution in [0.5, 0.6) is 34.5 Å². The molecule has 2 rings (SSSR count). The van der Waals surface area contributed by atoms with E-state index in [4.69, 9.17) is 4.79 Å². The molecule has 0 aliphatic heterocycles. The predicted molar refractivity (Wildman–Crippen MR) is 76.6 cm³/mol. The normalized spacial score (nSPS) is 9.57. The highest BCUT2D eigenvalue weighted by molar-refractivity contribution is 6.10. The highest BCUT2D eigenvalue weighted by atomic mass is 16.3. The molecule has 2 aromatic carbocycles. The second kappa shape index (κ2) is 6.89. The average molecular weight is 323 g/mol. The summed E-state index contributed by atoms with van der Waals surface area (Å²) in [5, 5.41) is 55.7. The third-order valence-electron chi connectivity index (χ3n) is 2.66. The van der Waals surface area contributed by atoms with Gasteiger partial charge in [0.2, 0.25) is 6.41 Å². The van der Waals surface area contributed by atoms with Crippen molar-refractivity contribution >= 4 is 12.2 Å². The number of phenolic OH excluding ortho intramolecular Hbond substituents is 6. The maximum absolute atomic E-state index is 12.1. The first-order chi connectivity index (χ1) is 10.7. The molecule has 0 atom stereocenters. The van der Waals surface area contributed by atoms with Crippen molar-refractivity contribution in [2.75, 3.05) is 0 Å². The molecule has 9 nitrogen and oxygen atoms in total. The number of hydrogen-bond acceptors (Lipinski definition) is 8. The molecule has 122 valence electrons. The van der Waals surface area contributed by atoms with Crippen LogP contribution >= 0.6 is 0 Å². The zero-order valence-corrected chi connectivity index (χ0v) is 11.5. The molecular formula is C14H13NO8. The summed E-state index contributed by atoms with van der Waals surface area (Å²) in [4.78, 5) is 20.7. The lowest BCUT2D eigenvalue weighted by molar-refractivity contribution is -0.106. The molecule has 0 bridgehead atoms. The second-order valence-electron chi connectivity index (χ2n) is 4.19. The molecule has 9 heteroatoms. The maximum atomic E-state index is 12.1. The number of primary amides is 1. The molecule has 0 heterocycles. The lowest BCUT2D eigenvalue weighted by atomic mass is 10.0. The molecule has 0 aliphatic carbocycles. The Morgan fingerprint density at radius 2 is 0.957 bits per heavy atom. The summed E-state index contributed by atoms with van der Waals surface area (Å²) in [7, 11) is 0. The number of benzene rings is 2. The first-order valence-electron chi connectivity index (χ1n) is 5.92. The molecule has 8 N–H and O–H groups in total. The Labute approximate surface area is 129 Å². The summed E-state index contributed by atoms with van der Waals surface area (Å²) >= 11 is 0. The summed E-state index contributed by atoms with van der Waals surface area (Å²) in [6.45, 7) is 0. The summed E-state index contributed by atoms with van der Waals surface area (Å²) in [5.41, 5.74) is 3.81. The van der Waals surface area contributed by atoms with Crippen LogP contribution in [0, 0.1) is 0 Å². The number of rotatable bonds is 2. The van der Waals surface area contributed by atoms with Gasteiger partial charge in [-0.15, -0.1) is 0 Å². The van der Waals surface area contributed by atoms with Gasteiger partial charge in [0.15, 0.2) is 40.3 Å². The van der Waals surface area contributed by atoms with Crippen molar-refractivity contribution in [3.05, 3.63) is 35.4 Å². The molecule has 2 aromatic rings. The molecule has 0 saturated carbocycles. The third kappa shape index (κ3) is 3.73. The van der Waals surface area contributed by atoms with Crippen molar-refractivity contribution < 1.29 is 40.2 Å². The number of carbonyl (C=O) groups is 2. The van der Waals surface area contributed by atoms with Gasteiger partial charge in [-0.3, -0.25) is 9.59 Å². The fraction of sp³-hybridized carbons (Fsp3) is 0. The summed E-state index contributed by atoms with van der Waals surface area (Å²) in [5.74, 6) is -5.06. The molecule has 1 amide bonds. The van der Waals surface area contributed by atoms with E-state index in [-0.39, 0.29) is 17.5 Å². The zero-order valence-electron chi connectivity index (χ0n) is 11.5. The van der Waals surface area contributed by atoms with Gasteiger partial charge in [-0.25, -0.2) is 0 Å². The third-order valence-corrected chi connectivity index (χ3v) is 2.66. The minimum absolute atomic E-state index is 0.178. The van der Waals surface area contributed by atoms with Gasteiger partial charge >= 0.3 is 0 Å². The van der Waals surface area contributed by atoms with Crippen molar-refractivity contribution in [2.24, 2.45) is 5.73 Å². The van der Waals surface area contributed by atoms with Gasteiger partial charge in [0.25, 0.3) is 0 Å². The van der Waals surface area contributed by atoms with E-state index < -0.39 is 40.3 Å². The van der Waals surface area contributed by atoms with E-state index in [1.807, 2.05) is 0 Å². The largest absolute Gasteiger partial charge is 0.504 e. The van der Waals surface area contributed by atoms with Crippen molar-refractivity contribution in [3.8, 4) is 34.5 Å². The highest BCUT2D eigenvalue weighted by Gasteiger charge is 2.18. The second-order valence-corrected chi connectivity index (χ2v) is 4.19. The average Bonchev–Trinajstić information content (AvgIpc) is 2.49. The minimum Gasteiger partial charge on any atom is -0.504 e. The SMILES string of the molecule is NC=O.O=C(c1cc(O)c(O)c(O)c1)c1cc(O)c(O)c(O)c1. The van der Waals surface area contributed by atoms with Crippen molar-refractivity contribution in [2.45, 2.75) is 0 Å². The number of hydrogen-bond donors (Lipinski definition) is 7. The Morgan fingerprint density at radius 1 is 0.739 bits per heavy atom. The topological polar surface area (TPSA) is 182 Å². The van der Waals surface area contributed by atoms with Crippen LogP contribution in [0.1, 0.15) is 15.9 Å². The van der Waals surface area contributed by atoms with Crippen LogP contribution in [0.2, 0.25) is 0 Å². The number of amides is 1. The van der Waals surface area contributed by atoms with Gasteiger partial charge in [0.05, 0.1) is 0 Å². The molecule has 0 aliphatic rings. The molecule has 0 saturated heterocycles. The molecule has 23 heavy (non-hydrogen) atoms. The number of aromatic hydroxyl groups is 6. The first-order valence-corrected chi connectivity index (χ1v) is 5.92. The van der Waals surface area contributed by atoms with E-state index in [1.54, 1.807) is 0 Å². The highest BCUT2D eigenvalue weighted by Crippen LogP contribution is 2.38. The molecule has 0 spiro atoms. The lowest BCUT2D eigenvalue weighted by Gasteiger charge is -2.07. The molecular weight excluding hydrogens is 310 g/mol. The number of phenols is 6. The van der Waals surface area contributed by atoms with Crippen molar-refractivity contribution in [1.82, 2.24) is 0 Å². The number of ketones is 1. The fourth-order valence-electron chi connectivity index (χ4n) is 1.64. The van der Waals surface area contributed by atoms with Gasteiger partial charge in [-0.2, -0.15) is 0 Å². The van der Waals surface area contributed by atoms with Crippen LogP contribution < -0.4 is 5.73 Å². The smallest absolute Gasteiger partial charge is 0.204 e. The molecule has 0 radical (unpaired) electrons. The van der Waals surface area contributed by atoms with Crippen LogP contribution in [0.4, 0.5) is 0 Å². The Bertz CT molecular complexity index is 651. The van der Waals surface area contributed by atoms with Gasteiger partial charge in [0, 0.05) is 11.1 Å². The zero-order chi connectivity index (χ0) is 17.7. The van der Waals surface area contributed by atoms with Gasteiger partial charge in [-0.05, 0) is 24.3 Å². The van der Waals surface area contributed by atoms with E-state index in [0.29, 0.717) is 0 Å². The Balaban J connectivity index is 0.000000816. The van der Waals surface area contributed by atoms with Crippen molar-refractivity contribution in [1.29, 1.82) is 0 Å². The van der Waals surface area contributed by atoms with Gasteiger partial charge in [0.1, 0.15) is 0 Å². The van der Waals surface area contributed by atoms with Crippen molar-refractivity contribution in [3.63, 3.8) is 0 Å². The monoisotopic (exact) mass is 323 g/mol. The number of nitrogens with two attached hydrogens (primary N) is 1. The van der Waals surface area contributed by atoms with E-state index in [9.17, 15) is 35.4 Å². The summed E-state index contributed by atoms with van der Waals surface area (Å²) in [6.07, 6.45) is 0.250. The van der Waals surface area contributed by atoms with Crippen LogP contribution in [0.15, 0.2) is 24.3 Å². The van der Waals surface area contributed by atoms with Crippen LogP contribution in [-0.4, -0.2) is 42.8 Å². The molecule has 0 unspecified atom stereocenters. The first kappa shape index (κ1) is 17.4. The standard InChI is InChI=1S/C13H10O7.CH3NO/c14-7-1-5(2-8(15)12(7)19)11(18)6-3-9(16)13(20)10(17)4-6;2-1-3/h1-4,14-17,19-20H;1H,(H2,2,3). The van der Waals surface area contributed by atoms with Crippen LogP contribution in [0.3, 0.4) is 0 Å². The Morgan fingerprint density at radius 3 is 1.17 bits per heavy atom. The van der Waals surface area contributed by atoms with Crippen LogP contribution in [0.25, 0.3) is 0 Å². The molecule has 0 aromatic heterocycles. The van der Waals surface area contributed by atoms with Gasteiger partial charge < -0.3 is 36.4 Å². The summed E-state index contributed by atoms with van der Waals surface area (Å²) < 4.78 is 0. The van der Waals surface area contributed by atoms with E-state index in [1.165, 1.54) is 0 Å². The Hall–Kier alpha value is -3.62. The lowest BCUT2D eigenvalue weighted by Crippen LogP contribution is -2.01. The summed E-state index contributed by atoms with van der Waals surface area (Å²) in [6, 6.07) is 3.66. The quantitative estimate of drug-likeness (QED) is 0.233. The molecule has 0 fully saturated rings. The Kier molecular flexibility index (Phi) is 5.22. The fourth-order valence-corrected chi connectivity index (χ4v) is 1.64. The predicted octanol–water partition coefficient (Wildman–Crippen LogP) is 0.253. The maximum Gasteiger partial charge on any atom is 0.204 e. The minimum atomic E-state index is -0.766. The number of carbonyl (C=O) groups excluding carboxylic acids is 2. The van der Waals surface area contributed by atoms with Gasteiger partial charge in [-0.1, -0.05) is 0 Å². The van der Waals surface area contributed by atoms with E-state index in [0.717, 1.165) is 24.3 Å². The van der Waals surface area contributed by atoms with E-state index in [2.05, 4.69) is 5.73 Å². The van der Waals surface area contributed by atoms with E-state index >= 15 is 0 Å².